The highest BCUT2D eigenvalue weighted by Gasteiger charge is 2.42. The number of piperidine rings is 1. The number of rotatable bonds is 4. The molecule has 3 heterocycles. The Balaban J connectivity index is 1.18. The first kappa shape index (κ1) is 19.1. The van der Waals surface area contributed by atoms with Crippen molar-refractivity contribution in [3.63, 3.8) is 0 Å². The molecule has 3 fully saturated rings. The highest BCUT2D eigenvalue weighted by atomic mass is 79.9. The minimum Gasteiger partial charge on any atom is -0.389 e. The number of carbonyl (C=O) groups is 1. The maximum Gasteiger partial charge on any atom is 0.268 e. The van der Waals surface area contributed by atoms with Crippen LogP contribution in [0, 0.1) is 0 Å². The SMILES string of the molecule is O=C(C1=Nc2cc(Br)ccc2C1)N1CCC2NC(NCC3(O)CCC3)SC2C1. The fourth-order valence-corrected chi connectivity index (χ4v) is 6.25. The number of nitrogens with zero attached hydrogens (tertiary/aromatic N) is 2. The van der Waals surface area contributed by atoms with E-state index in [9.17, 15) is 9.90 Å². The summed E-state index contributed by atoms with van der Waals surface area (Å²) in [5, 5.41) is 17.8. The van der Waals surface area contributed by atoms with E-state index in [2.05, 4.69) is 31.6 Å². The molecule has 1 aliphatic carbocycles. The summed E-state index contributed by atoms with van der Waals surface area (Å²) in [6.07, 6.45) is 4.50. The Morgan fingerprint density at radius 3 is 3.11 bits per heavy atom. The minimum atomic E-state index is -0.511. The number of fused-ring (bicyclic) bond motifs is 2. The van der Waals surface area contributed by atoms with Crippen molar-refractivity contribution in [1.29, 1.82) is 0 Å². The third-order valence-electron chi connectivity index (χ3n) is 6.33. The molecule has 8 heteroatoms. The van der Waals surface area contributed by atoms with Crippen LogP contribution in [0.4, 0.5) is 5.69 Å². The molecular formula is C20H25BrN4O2S. The van der Waals surface area contributed by atoms with Crippen LogP contribution in [0.15, 0.2) is 27.7 Å². The lowest BCUT2D eigenvalue weighted by Crippen LogP contribution is -2.53. The second-order valence-electron chi connectivity index (χ2n) is 8.33. The maximum atomic E-state index is 13.0. The quantitative estimate of drug-likeness (QED) is 0.636. The monoisotopic (exact) mass is 464 g/mol. The molecule has 3 unspecified atom stereocenters. The number of carbonyl (C=O) groups excluding carboxylic acids is 1. The molecule has 0 bridgehead atoms. The van der Waals surface area contributed by atoms with E-state index in [0.29, 0.717) is 30.0 Å². The first-order chi connectivity index (χ1) is 13.5. The number of amides is 1. The smallest absolute Gasteiger partial charge is 0.268 e. The van der Waals surface area contributed by atoms with Crippen molar-refractivity contribution >= 4 is 45.0 Å². The Labute approximate surface area is 177 Å². The number of nitrogens with one attached hydrogen (secondary N) is 2. The topological polar surface area (TPSA) is 77.0 Å². The number of halogens is 1. The number of hydrogen-bond acceptors (Lipinski definition) is 6. The minimum absolute atomic E-state index is 0.0755. The lowest BCUT2D eigenvalue weighted by Gasteiger charge is -2.37. The summed E-state index contributed by atoms with van der Waals surface area (Å²) < 4.78 is 0.989. The Kier molecular flexibility index (Phi) is 5.03. The average Bonchev–Trinajstić information content (AvgIpc) is 3.26. The third-order valence-corrected chi connectivity index (χ3v) is 8.23. The normalized spacial score (nSPS) is 30.4. The molecule has 0 spiro atoms. The molecule has 150 valence electrons. The number of likely N-dealkylation sites (tertiary alicyclic amines) is 1. The van der Waals surface area contributed by atoms with Gasteiger partial charge >= 0.3 is 0 Å². The summed E-state index contributed by atoms with van der Waals surface area (Å²) in [6.45, 7) is 2.16. The van der Waals surface area contributed by atoms with Gasteiger partial charge in [-0.2, -0.15) is 0 Å². The van der Waals surface area contributed by atoms with Gasteiger partial charge in [-0.05, 0) is 43.4 Å². The molecule has 5 rings (SSSR count). The van der Waals surface area contributed by atoms with Crippen LogP contribution in [0.1, 0.15) is 31.2 Å². The number of aliphatic hydroxyl groups is 1. The van der Waals surface area contributed by atoms with Gasteiger partial charge in [-0.3, -0.25) is 15.4 Å². The molecule has 1 amide bonds. The maximum absolute atomic E-state index is 13.0. The molecule has 1 saturated carbocycles. The molecule has 6 nitrogen and oxygen atoms in total. The number of hydrogen-bond donors (Lipinski definition) is 3. The van der Waals surface area contributed by atoms with Crippen LogP contribution in [0.3, 0.4) is 0 Å². The summed E-state index contributed by atoms with van der Waals surface area (Å²) in [4.78, 5) is 19.6. The first-order valence-electron chi connectivity index (χ1n) is 10.0. The Hall–Kier alpha value is -0.930. The summed E-state index contributed by atoms with van der Waals surface area (Å²) >= 11 is 5.32. The van der Waals surface area contributed by atoms with Gasteiger partial charge in [0.15, 0.2) is 0 Å². The molecule has 4 aliphatic rings. The lowest BCUT2D eigenvalue weighted by molar-refractivity contribution is -0.125. The van der Waals surface area contributed by atoms with Crippen LogP contribution in [-0.4, -0.2) is 63.7 Å². The summed E-state index contributed by atoms with van der Waals surface area (Å²) in [5.41, 5.74) is 2.33. The van der Waals surface area contributed by atoms with Gasteiger partial charge in [0, 0.05) is 41.8 Å². The van der Waals surface area contributed by atoms with E-state index in [0.717, 1.165) is 54.5 Å². The van der Waals surface area contributed by atoms with Gasteiger partial charge in [0.1, 0.15) is 11.2 Å². The van der Waals surface area contributed by atoms with Crippen molar-refractivity contribution in [3.05, 3.63) is 28.2 Å². The van der Waals surface area contributed by atoms with Crippen molar-refractivity contribution in [2.24, 2.45) is 4.99 Å². The Bertz CT molecular complexity index is 828. The van der Waals surface area contributed by atoms with Crippen molar-refractivity contribution in [1.82, 2.24) is 15.5 Å². The molecule has 0 aromatic heterocycles. The zero-order valence-electron chi connectivity index (χ0n) is 15.7. The van der Waals surface area contributed by atoms with Gasteiger partial charge in [-0.25, -0.2) is 4.99 Å². The molecule has 0 radical (unpaired) electrons. The first-order valence-corrected chi connectivity index (χ1v) is 11.8. The molecule has 1 aromatic carbocycles. The van der Waals surface area contributed by atoms with Crippen LogP contribution in [0.2, 0.25) is 0 Å². The van der Waals surface area contributed by atoms with Crippen LogP contribution in [0.5, 0.6) is 0 Å². The summed E-state index contributed by atoms with van der Waals surface area (Å²) in [5.74, 6) is 0.0755. The third kappa shape index (κ3) is 3.65. The highest BCUT2D eigenvalue weighted by molar-refractivity contribution is 9.10. The summed E-state index contributed by atoms with van der Waals surface area (Å²) in [6, 6.07) is 6.44. The second kappa shape index (κ2) is 7.40. The van der Waals surface area contributed by atoms with E-state index in [1.165, 1.54) is 0 Å². The predicted molar refractivity (Wildman–Crippen MR) is 115 cm³/mol. The van der Waals surface area contributed by atoms with Crippen molar-refractivity contribution in [3.8, 4) is 0 Å². The van der Waals surface area contributed by atoms with Gasteiger partial charge in [0.2, 0.25) is 0 Å². The van der Waals surface area contributed by atoms with Crippen molar-refractivity contribution in [2.75, 3.05) is 19.6 Å². The number of thioether (sulfide) groups is 1. The van der Waals surface area contributed by atoms with Gasteiger partial charge in [0.25, 0.3) is 5.91 Å². The molecule has 1 aromatic rings. The number of aliphatic imine (C=N–C) groups is 1. The van der Waals surface area contributed by atoms with E-state index in [4.69, 9.17) is 0 Å². The van der Waals surface area contributed by atoms with E-state index in [1.807, 2.05) is 34.9 Å². The molecular weight excluding hydrogens is 440 g/mol. The second-order valence-corrected chi connectivity index (χ2v) is 10.6. The fraction of sp³-hybridized carbons (Fsp3) is 0.600. The standard InChI is InChI=1S/C20H25BrN4O2S/c21-13-3-2-12-8-16(23-15(12)9-13)18(26)25-7-4-14-17(10-25)28-19(24-14)22-11-20(27)5-1-6-20/h2-3,9,14,17,19,22,24,27H,1,4-8,10-11H2. The largest absolute Gasteiger partial charge is 0.389 e. The van der Waals surface area contributed by atoms with Crippen LogP contribution < -0.4 is 10.6 Å². The number of benzene rings is 1. The molecule has 2 saturated heterocycles. The van der Waals surface area contributed by atoms with E-state index >= 15 is 0 Å². The van der Waals surface area contributed by atoms with Crippen LogP contribution in [0.25, 0.3) is 0 Å². The van der Waals surface area contributed by atoms with E-state index < -0.39 is 5.60 Å². The van der Waals surface area contributed by atoms with Crippen LogP contribution >= 0.6 is 27.7 Å². The zero-order chi connectivity index (χ0) is 19.3. The molecule has 3 aliphatic heterocycles. The fourth-order valence-electron chi connectivity index (χ4n) is 4.45. The highest BCUT2D eigenvalue weighted by Crippen LogP contribution is 2.35. The Morgan fingerprint density at radius 1 is 1.46 bits per heavy atom. The average molecular weight is 465 g/mol. The lowest BCUT2D eigenvalue weighted by atomic mass is 9.80. The molecule has 3 atom stereocenters. The zero-order valence-corrected chi connectivity index (χ0v) is 18.1. The van der Waals surface area contributed by atoms with Crippen LogP contribution in [-0.2, 0) is 11.2 Å². The molecule has 28 heavy (non-hydrogen) atoms. The van der Waals surface area contributed by atoms with Gasteiger partial charge in [-0.15, -0.1) is 11.8 Å². The van der Waals surface area contributed by atoms with E-state index in [1.54, 1.807) is 0 Å². The van der Waals surface area contributed by atoms with Crippen molar-refractivity contribution in [2.45, 2.75) is 54.5 Å². The van der Waals surface area contributed by atoms with Crippen molar-refractivity contribution < 1.29 is 9.90 Å². The van der Waals surface area contributed by atoms with E-state index in [-0.39, 0.29) is 11.4 Å². The van der Waals surface area contributed by atoms with Gasteiger partial charge in [0.05, 0.1) is 11.3 Å². The molecule has 3 N–H and O–H groups in total. The van der Waals surface area contributed by atoms with Gasteiger partial charge < -0.3 is 10.0 Å². The summed E-state index contributed by atoms with van der Waals surface area (Å²) in [7, 11) is 0. The van der Waals surface area contributed by atoms with Gasteiger partial charge in [-0.1, -0.05) is 22.0 Å². The predicted octanol–water partition coefficient (Wildman–Crippen LogP) is 2.17. The Morgan fingerprint density at radius 2 is 2.32 bits per heavy atom.